The molecule has 32 heavy (non-hydrogen) atoms. The Kier molecular flexibility index (Phi) is 8.16. The van der Waals surface area contributed by atoms with Gasteiger partial charge in [-0.25, -0.2) is 17.5 Å². The molecule has 8 nitrogen and oxygen atoms in total. The van der Waals surface area contributed by atoms with Crippen LogP contribution < -0.4 is 4.90 Å². The minimum absolute atomic E-state index is 0.0288. The third-order valence-corrected chi connectivity index (χ3v) is 8.23. The van der Waals surface area contributed by atoms with Crippen molar-refractivity contribution in [3.63, 3.8) is 0 Å². The van der Waals surface area contributed by atoms with Crippen LogP contribution in [0.25, 0.3) is 0 Å². The van der Waals surface area contributed by atoms with Gasteiger partial charge in [0.15, 0.2) is 6.61 Å². The summed E-state index contributed by atoms with van der Waals surface area (Å²) in [6.07, 6.45) is 7.41. The van der Waals surface area contributed by atoms with E-state index < -0.39 is 16.0 Å². The van der Waals surface area contributed by atoms with Crippen LogP contribution in [0.15, 0.2) is 23.1 Å². The number of ether oxygens (including phenoxy) is 1. The number of hydrogen-bond donors (Lipinski definition) is 0. The lowest BCUT2D eigenvalue weighted by Gasteiger charge is -2.33. The molecule has 0 spiro atoms. The van der Waals surface area contributed by atoms with Gasteiger partial charge in [0.05, 0.1) is 16.1 Å². The molecule has 0 aromatic heterocycles. The maximum absolute atomic E-state index is 13.0. The zero-order valence-corrected chi connectivity index (χ0v) is 20.2. The number of anilines is 1. The highest BCUT2D eigenvalue weighted by atomic mass is 32.2. The molecule has 1 aliphatic carbocycles. The predicted octanol–water partition coefficient (Wildman–Crippen LogP) is 2.88. The Labute approximate surface area is 191 Å². The van der Waals surface area contributed by atoms with Crippen molar-refractivity contribution in [2.45, 2.75) is 62.8 Å². The summed E-state index contributed by atoms with van der Waals surface area (Å²) >= 11 is 0. The van der Waals surface area contributed by atoms with Crippen molar-refractivity contribution in [2.75, 3.05) is 45.2 Å². The van der Waals surface area contributed by atoms with Crippen LogP contribution in [0, 0.1) is 0 Å². The molecule has 0 radical (unpaired) electrons. The Bertz CT molecular complexity index is 920. The van der Waals surface area contributed by atoms with E-state index >= 15 is 0 Å². The number of hydrogen-bond acceptors (Lipinski definition) is 6. The highest BCUT2D eigenvalue weighted by Gasteiger charge is 2.28. The molecule has 2 fully saturated rings. The normalized spacial score (nSPS) is 17.6. The maximum atomic E-state index is 13.0. The lowest BCUT2D eigenvalue weighted by molar-refractivity contribution is -0.137. The average Bonchev–Trinajstić information content (AvgIpc) is 3.33. The second-order valence-corrected chi connectivity index (χ2v) is 10.9. The van der Waals surface area contributed by atoms with Crippen molar-refractivity contribution in [1.29, 1.82) is 0 Å². The molecule has 1 aromatic carbocycles. The monoisotopic (exact) mass is 465 g/mol. The molecule has 0 N–H and O–H groups in total. The Morgan fingerprint density at radius 3 is 2.31 bits per heavy atom. The van der Waals surface area contributed by atoms with Crippen molar-refractivity contribution in [2.24, 2.45) is 0 Å². The summed E-state index contributed by atoms with van der Waals surface area (Å²) in [4.78, 5) is 29.7. The van der Waals surface area contributed by atoms with E-state index in [2.05, 4.69) is 4.90 Å². The summed E-state index contributed by atoms with van der Waals surface area (Å²) in [5, 5.41) is 0. The molecule has 9 heteroatoms. The molecule has 2 aliphatic rings. The van der Waals surface area contributed by atoms with Gasteiger partial charge in [0.2, 0.25) is 10.0 Å². The molecular weight excluding hydrogens is 430 g/mol. The lowest BCUT2D eigenvalue weighted by atomic mass is 9.94. The minimum atomic E-state index is -3.70. The average molecular weight is 466 g/mol. The summed E-state index contributed by atoms with van der Waals surface area (Å²) in [7, 11) is -0.806. The van der Waals surface area contributed by atoms with E-state index in [0.717, 1.165) is 55.9 Å². The van der Waals surface area contributed by atoms with Gasteiger partial charge in [0.25, 0.3) is 5.91 Å². The van der Waals surface area contributed by atoms with E-state index in [1.165, 1.54) is 32.6 Å². The van der Waals surface area contributed by atoms with E-state index in [4.69, 9.17) is 4.74 Å². The molecule has 1 aliphatic heterocycles. The van der Waals surface area contributed by atoms with Gasteiger partial charge in [-0.15, -0.1) is 0 Å². The molecule has 1 saturated carbocycles. The molecular formula is C23H35N3O5S. The number of rotatable bonds is 8. The van der Waals surface area contributed by atoms with E-state index in [-0.39, 0.29) is 29.0 Å². The van der Waals surface area contributed by atoms with Crippen LogP contribution in [0.2, 0.25) is 0 Å². The molecule has 1 heterocycles. The summed E-state index contributed by atoms with van der Waals surface area (Å²) in [6.45, 7) is 3.77. The van der Waals surface area contributed by atoms with E-state index in [1.54, 1.807) is 11.0 Å². The molecule has 0 bridgehead atoms. The SMILES string of the molecule is CCN(C(=O)COC(=O)c1cc(S(=O)(=O)N(C)C)ccc1N1CCCC1)C1CCCCC1. The second-order valence-electron chi connectivity index (χ2n) is 8.71. The number of carbonyl (C=O) groups excluding carboxylic acids is 2. The van der Waals surface area contributed by atoms with Crippen LogP contribution in [0.5, 0.6) is 0 Å². The fourth-order valence-electron chi connectivity index (χ4n) is 4.60. The van der Waals surface area contributed by atoms with Crippen molar-refractivity contribution < 1.29 is 22.7 Å². The summed E-state index contributed by atoms with van der Waals surface area (Å²) in [5.41, 5.74) is 0.834. The van der Waals surface area contributed by atoms with Gasteiger partial charge in [-0.05, 0) is 50.8 Å². The molecule has 3 rings (SSSR count). The fraction of sp³-hybridized carbons (Fsp3) is 0.652. The smallest absolute Gasteiger partial charge is 0.340 e. The quantitative estimate of drug-likeness (QED) is 0.549. The van der Waals surface area contributed by atoms with Gasteiger partial charge in [-0.2, -0.15) is 0 Å². The molecule has 178 valence electrons. The highest BCUT2D eigenvalue weighted by Crippen LogP contribution is 2.29. The number of likely N-dealkylation sites (N-methyl/N-ethyl adjacent to an activating group) is 1. The van der Waals surface area contributed by atoms with Gasteiger partial charge in [-0.3, -0.25) is 4.79 Å². The summed E-state index contributed by atoms with van der Waals surface area (Å²) in [5.74, 6) is -0.872. The summed E-state index contributed by atoms with van der Waals surface area (Å²) in [6, 6.07) is 4.76. The fourth-order valence-corrected chi connectivity index (χ4v) is 5.53. The van der Waals surface area contributed by atoms with Crippen molar-refractivity contribution in [1.82, 2.24) is 9.21 Å². The topological polar surface area (TPSA) is 87.2 Å². The Morgan fingerprint density at radius 1 is 1.06 bits per heavy atom. The number of benzene rings is 1. The van der Waals surface area contributed by atoms with Crippen LogP contribution in [-0.2, 0) is 19.6 Å². The largest absolute Gasteiger partial charge is 0.452 e. The standard InChI is InChI=1S/C23H35N3O5S/c1-4-26(18-10-6-5-7-11-18)22(27)17-31-23(28)20-16-19(32(29,30)24(2)3)12-13-21(20)25-14-8-9-15-25/h12-13,16,18H,4-11,14-15,17H2,1-3H3. The first-order chi connectivity index (χ1) is 15.3. The highest BCUT2D eigenvalue weighted by molar-refractivity contribution is 7.89. The number of amides is 1. The van der Waals surface area contributed by atoms with Gasteiger partial charge >= 0.3 is 5.97 Å². The molecule has 1 aromatic rings. The molecule has 1 amide bonds. The van der Waals surface area contributed by atoms with Crippen molar-refractivity contribution in [3.05, 3.63) is 23.8 Å². The second kappa shape index (κ2) is 10.7. The van der Waals surface area contributed by atoms with Crippen molar-refractivity contribution >= 4 is 27.6 Å². The molecule has 1 saturated heterocycles. The van der Waals surface area contributed by atoms with Crippen LogP contribution in [0.3, 0.4) is 0 Å². The van der Waals surface area contributed by atoms with Gasteiger partial charge in [0, 0.05) is 39.8 Å². The van der Waals surface area contributed by atoms with E-state index in [0.29, 0.717) is 12.2 Å². The number of nitrogens with zero attached hydrogens (tertiary/aromatic N) is 3. The molecule has 0 atom stereocenters. The van der Waals surface area contributed by atoms with Crippen LogP contribution in [0.4, 0.5) is 5.69 Å². The first kappa shape index (κ1) is 24.5. The lowest BCUT2D eigenvalue weighted by Crippen LogP contribution is -2.43. The third kappa shape index (κ3) is 5.43. The van der Waals surface area contributed by atoms with Crippen LogP contribution in [0.1, 0.15) is 62.2 Å². The third-order valence-electron chi connectivity index (χ3n) is 6.42. The van der Waals surface area contributed by atoms with Gasteiger partial charge in [-0.1, -0.05) is 19.3 Å². The van der Waals surface area contributed by atoms with E-state index in [1.807, 2.05) is 6.92 Å². The number of esters is 1. The van der Waals surface area contributed by atoms with Crippen LogP contribution >= 0.6 is 0 Å². The predicted molar refractivity (Wildman–Crippen MR) is 123 cm³/mol. The van der Waals surface area contributed by atoms with E-state index in [9.17, 15) is 18.0 Å². The van der Waals surface area contributed by atoms with Crippen LogP contribution in [-0.4, -0.2) is 75.9 Å². The van der Waals surface area contributed by atoms with Gasteiger partial charge < -0.3 is 14.5 Å². The summed E-state index contributed by atoms with van der Waals surface area (Å²) < 4.78 is 31.8. The number of carbonyl (C=O) groups is 2. The Hall–Kier alpha value is -2.13. The molecule has 0 unspecified atom stereocenters. The Balaban J connectivity index is 1.79. The first-order valence-corrected chi connectivity index (χ1v) is 13.0. The zero-order chi connectivity index (χ0) is 23.3. The van der Waals surface area contributed by atoms with Gasteiger partial charge in [0.1, 0.15) is 0 Å². The Morgan fingerprint density at radius 2 is 1.72 bits per heavy atom. The zero-order valence-electron chi connectivity index (χ0n) is 19.4. The first-order valence-electron chi connectivity index (χ1n) is 11.5. The van der Waals surface area contributed by atoms with Crippen molar-refractivity contribution in [3.8, 4) is 0 Å². The number of sulfonamides is 1. The minimum Gasteiger partial charge on any atom is -0.452 e. The maximum Gasteiger partial charge on any atom is 0.340 e.